The third-order valence-corrected chi connectivity index (χ3v) is 5.07. The zero-order valence-corrected chi connectivity index (χ0v) is 13.1. The Labute approximate surface area is 125 Å². The van der Waals surface area contributed by atoms with Crippen molar-refractivity contribution in [3.8, 4) is 0 Å². The molecule has 0 spiro atoms. The fourth-order valence-corrected chi connectivity index (χ4v) is 3.70. The van der Waals surface area contributed by atoms with Crippen LogP contribution in [0.15, 0.2) is 24.3 Å². The lowest BCUT2D eigenvalue weighted by Crippen LogP contribution is -2.45. The lowest BCUT2D eigenvalue weighted by molar-refractivity contribution is 0.0946. The lowest BCUT2D eigenvalue weighted by Gasteiger charge is -2.20. The summed E-state index contributed by atoms with van der Waals surface area (Å²) in [5.41, 5.74) is 6.29. The summed E-state index contributed by atoms with van der Waals surface area (Å²) in [4.78, 5) is 12.1. The molecule has 0 saturated carbocycles. The first-order chi connectivity index (χ1) is 9.69. The SMILES string of the molecule is CC(C)(N)CNC(=O)c1cccc(N2CCCS2(=O)=O)c1. The smallest absolute Gasteiger partial charge is 0.251 e. The van der Waals surface area contributed by atoms with E-state index in [1.165, 1.54) is 4.31 Å². The van der Waals surface area contributed by atoms with E-state index < -0.39 is 15.6 Å². The molecule has 116 valence electrons. The average molecular weight is 311 g/mol. The van der Waals surface area contributed by atoms with E-state index in [-0.39, 0.29) is 11.7 Å². The van der Waals surface area contributed by atoms with Gasteiger partial charge in [-0.1, -0.05) is 6.07 Å². The Kier molecular flexibility index (Phi) is 4.25. The lowest BCUT2D eigenvalue weighted by atomic mass is 10.1. The monoisotopic (exact) mass is 311 g/mol. The van der Waals surface area contributed by atoms with Crippen molar-refractivity contribution in [2.45, 2.75) is 25.8 Å². The fourth-order valence-electron chi connectivity index (χ4n) is 2.14. The molecule has 7 heteroatoms. The highest BCUT2D eigenvalue weighted by Crippen LogP contribution is 2.24. The molecule has 1 heterocycles. The average Bonchev–Trinajstić information content (AvgIpc) is 2.75. The van der Waals surface area contributed by atoms with Crippen LogP contribution < -0.4 is 15.4 Å². The van der Waals surface area contributed by atoms with Crippen LogP contribution in [0.5, 0.6) is 0 Å². The van der Waals surface area contributed by atoms with Crippen LogP contribution in [0.25, 0.3) is 0 Å². The molecule has 1 saturated heterocycles. The van der Waals surface area contributed by atoms with Gasteiger partial charge in [0.2, 0.25) is 10.0 Å². The van der Waals surface area contributed by atoms with Crippen LogP contribution in [0, 0.1) is 0 Å². The molecule has 0 unspecified atom stereocenters. The highest BCUT2D eigenvalue weighted by Gasteiger charge is 2.28. The summed E-state index contributed by atoms with van der Waals surface area (Å²) >= 11 is 0. The molecule has 1 amide bonds. The number of benzene rings is 1. The summed E-state index contributed by atoms with van der Waals surface area (Å²) in [7, 11) is -3.24. The number of anilines is 1. The van der Waals surface area contributed by atoms with E-state index in [2.05, 4.69) is 5.32 Å². The number of nitrogens with two attached hydrogens (primary N) is 1. The Morgan fingerprint density at radius 2 is 2.14 bits per heavy atom. The van der Waals surface area contributed by atoms with Crippen molar-refractivity contribution in [2.24, 2.45) is 5.73 Å². The van der Waals surface area contributed by atoms with Gasteiger partial charge in [0.05, 0.1) is 11.4 Å². The van der Waals surface area contributed by atoms with Gasteiger partial charge >= 0.3 is 0 Å². The highest BCUT2D eigenvalue weighted by molar-refractivity contribution is 7.93. The Morgan fingerprint density at radius 1 is 1.43 bits per heavy atom. The first-order valence-electron chi connectivity index (χ1n) is 6.87. The minimum Gasteiger partial charge on any atom is -0.350 e. The van der Waals surface area contributed by atoms with Crippen LogP contribution in [0.3, 0.4) is 0 Å². The number of carbonyl (C=O) groups is 1. The minimum atomic E-state index is -3.24. The molecular weight excluding hydrogens is 290 g/mol. The van der Waals surface area contributed by atoms with Gasteiger partial charge in [-0.25, -0.2) is 8.42 Å². The van der Waals surface area contributed by atoms with E-state index in [9.17, 15) is 13.2 Å². The van der Waals surface area contributed by atoms with Gasteiger partial charge in [0, 0.05) is 24.2 Å². The Morgan fingerprint density at radius 3 is 2.71 bits per heavy atom. The first kappa shape index (κ1) is 15.8. The van der Waals surface area contributed by atoms with E-state index in [1.54, 1.807) is 24.3 Å². The molecular formula is C14H21N3O3S. The summed E-state index contributed by atoms with van der Waals surface area (Å²) in [6.45, 7) is 4.45. The van der Waals surface area contributed by atoms with Gasteiger partial charge in [0.1, 0.15) is 0 Å². The summed E-state index contributed by atoms with van der Waals surface area (Å²) in [6.07, 6.45) is 0.611. The van der Waals surface area contributed by atoms with Gasteiger partial charge in [-0.3, -0.25) is 9.10 Å². The predicted octanol–water partition coefficient (Wildman–Crippen LogP) is 0.694. The number of carbonyl (C=O) groups excluding carboxylic acids is 1. The van der Waals surface area contributed by atoms with E-state index >= 15 is 0 Å². The number of hydrogen-bond acceptors (Lipinski definition) is 4. The standard InChI is InChI=1S/C14H21N3O3S/c1-14(2,15)10-16-13(18)11-5-3-6-12(9-11)17-7-4-8-21(17,19)20/h3,5-6,9H,4,7-8,10,15H2,1-2H3,(H,16,18). The molecule has 1 aliphatic heterocycles. The van der Waals surface area contributed by atoms with E-state index in [0.717, 1.165) is 0 Å². The second-order valence-corrected chi connectivity index (χ2v) is 7.98. The van der Waals surface area contributed by atoms with Crippen LogP contribution >= 0.6 is 0 Å². The summed E-state index contributed by atoms with van der Waals surface area (Å²) in [5.74, 6) is -0.0999. The number of rotatable bonds is 4. The molecule has 2 rings (SSSR count). The van der Waals surface area contributed by atoms with Crippen molar-refractivity contribution in [3.63, 3.8) is 0 Å². The Hall–Kier alpha value is -1.60. The molecule has 1 fully saturated rings. The summed E-state index contributed by atoms with van der Waals surface area (Å²) in [6, 6.07) is 6.64. The van der Waals surface area contributed by atoms with Crippen molar-refractivity contribution >= 4 is 21.6 Å². The van der Waals surface area contributed by atoms with Gasteiger partial charge in [-0.05, 0) is 38.5 Å². The molecule has 0 bridgehead atoms. The molecule has 1 aliphatic rings. The van der Waals surface area contributed by atoms with Gasteiger partial charge in [-0.2, -0.15) is 0 Å². The second kappa shape index (κ2) is 5.65. The third kappa shape index (κ3) is 3.95. The van der Waals surface area contributed by atoms with Gasteiger partial charge in [-0.15, -0.1) is 0 Å². The maximum Gasteiger partial charge on any atom is 0.251 e. The van der Waals surface area contributed by atoms with Crippen molar-refractivity contribution in [3.05, 3.63) is 29.8 Å². The number of nitrogens with one attached hydrogen (secondary N) is 1. The Bertz CT molecular complexity index is 635. The van der Waals surface area contributed by atoms with Crippen molar-refractivity contribution in [1.29, 1.82) is 0 Å². The molecule has 6 nitrogen and oxygen atoms in total. The van der Waals surface area contributed by atoms with Crippen LogP contribution in [-0.2, 0) is 10.0 Å². The molecule has 1 aromatic rings. The van der Waals surface area contributed by atoms with Crippen LogP contribution in [0.4, 0.5) is 5.69 Å². The van der Waals surface area contributed by atoms with Crippen molar-refractivity contribution in [1.82, 2.24) is 5.32 Å². The van der Waals surface area contributed by atoms with Crippen LogP contribution in [-0.4, -0.2) is 38.7 Å². The summed E-state index contributed by atoms with van der Waals surface area (Å²) < 4.78 is 25.2. The predicted molar refractivity (Wildman–Crippen MR) is 82.8 cm³/mol. The van der Waals surface area contributed by atoms with E-state index in [0.29, 0.717) is 30.8 Å². The largest absolute Gasteiger partial charge is 0.350 e. The number of sulfonamides is 1. The highest BCUT2D eigenvalue weighted by atomic mass is 32.2. The molecule has 3 N–H and O–H groups in total. The van der Waals surface area contributed by atoms with Crippen LogP contribution in [0.1, 0.15) is 30.6 Å². The quantitative estimate of drug-likeness (QED) is 0.856. The molecule has 21 heavy (non-hydrogen) atoms. The van der Waals surface area contributed by atoms with Gasteiger partial charge in [0.15, 0.2) is 0 Å². The zero-order valence-electron chi connectivity index (χ0n) is 12.3. The maximum absolute atomic E-state index is 12.1. The minimum absolute atomic E-state index is 0.158. The third-order valence-electron chi connectivity index (χ3n) is 3.20. The maximum atomic E-state index is 12.1. The molecule has 0 atom stereocenters. The molecule has 0 aromatic heterocycles. The van der Waals surface area contributed by atoms with Crippen molar-refractivity contribution < 1.29 is 13.2 Å². The number of nitrogens with zero attached hydrogens (tertiary/aromatic N) is 1. The van der Waals surface area contributed by atoms with E-state index in [1.807, 2.05) is 13.8 Å². The zero-order chi connectivity index (χ0) is 15.7. The molecule has 0 radical (unpaired) electrons. The van der Waals surface area contributed by atoms with E-state index in [4.69, 9.17) is 5.73 Å². The van der Waals surface area contributed by atoms with Gasteiger partial charge < -0.3 is 11.1 Å². The molecule has 1 aromatic carbocycles. The normalized spacial score (nSPS) is 17.8. The first-order valence-corrected chi connectivity index (χ1v) is 8.47. The topological polar surface area (TPSA) is 92.5 Å². The Balaban J connectivity index is 2.16. The van der Waals surface area contributed by atoms with Crippen molar-refractivity contribution in [2.75, 3.05) is 23.1 Å². The molecule has 0 aliphatic carbocycles. The summed E-state index contributed by atoms with van der Waals surface area (Å²) in [5, 5.41) is 2.75. The second-order valence-electron chi connectivity index (χ2n) is 5.96. The fraction of sp³-hybridized carbons (Fsp3) is 0.500. The van der Waals surface area contributed by atoms with Gasteiger partial charge in [0.25, 0.3) is 5.91 Å². The van der Waals surface area contributed by atoms with Crippen LogP contribution in [0.2, 0.25) is 0 Å². The number of hydrogen-bond donors (Lipinski definition) is 2. The number of amides is 1.